The second kappa shape index (κ2) is 12.2. The van der Waals surface area contributed by atoms with E-state index in [0.717, 1.165) is 35.5 Å². The van der Waals surface area contributed by atoms with Crippen molar-refractivity contribution in [2.45, 2.75) is 51.5 Å². The maximum atomic E-state index is 13.6. The number of hydrogen-bond donors (Lipinski definition) is 1. The minimum Gasteiger partial charge on any atom is -0.497 e. The summed E-state index contributed by atoms with van der Waals surface area (Å²) in [7, 11) is 4.95. The van der Waals surface area contributed by atoms with Crippen LogP contribution in [0, 0.1) is 0 Å². The van der Waals surface area contributed by atoms with E-state index in [2.05, 4.69) is 12.2 Å². The van der Waals surface area contributed by atoms with E-state index in [1.807, 2.05) is 48.5 Å². The van der Waals surface area contributed by atoms with Gasteiger partial charge in [-0.3, -0.25) is 9.59 Å². The number of urea groups is 1. The average molecular weight is 524 g/mol. The molecule has 0 spiro atoms. The first-order valence-electron chi connectivity index (χ1n) is 13.0. The van der Waals surface area contributed by atoms with Crippen LogP contribution in [0.5, 0.6) is 11.5 Å². The van der Waals surface area contributed by atoms with Gasteiger partial charge in [0.15, 0.2) is 0 Å². The highest BCUT2D eigenvalue weighted by Crippen LogP contribution is 2.29. The SMILES string of the molecule is CCCC[C@H]1C(=O)N(Cc2ccc(OC)cc2)C[C@H]2N1C(=O)CN(C)N2C(=O)NCc1ccc(OC)cc1. The Kier molecular flexibility index (Phi) is 8.73. The fourth-order valence-corrected chi connectivity index (χ4v) is 5.08. The Bertz CT molecular complexity index is 1120. The lowest BCUT2D eigenvalue weighted by Crippen LogP contribution is -2.75. The summed E-state index contributed by atoms with van der Waals surface area (Å²) in [5, 5.41) is 6.20. The molecule has 2 aliphatic rings. The molecule has 10 nitrogen and oxygen atoms in total. The standard InChI is InChI=1S/C28H37N5O5/c1-5-6-7-24-27(35)31(17-21-10-14-23(38-4)15-11-21)18-25-32(24)26(34)19-30(2)33(25)28(36)29-16-20-8-12-22(37-3)13-9-20/h8-15,24-25H,5-7,16-19H2,1-4H3,(H,29,36)/t24-,25-/m0/s1. The van der Waals surface area contributed by atoms with E-state index < -0.39 is 12.2 Å². The van der Waals surface area contributed by atoms with Crippen molar-refractivity contribution < 1.29 is 23.9 Å². The largest absolute Gasteiger partial charge is 0.497 e. The lowest BCUT2D eigenvalue weighted by atomic mass is 10.0. The van der Waals surface area contributed by atoms with Crippen LogP contribution < -0.4 is 14.8 Å². The van der Waals surface area contributed by atoms with Gasteiger partial charge in [-0.05, 0) is 41.8 Å². The molecule has 2 saturated heterocycles. The van der Waals surface area contributed by atoms with Crippen LogP contribution in [0.25, 0.3) is 0 Å². The highest BCUT2D eigenvalue weighted by atomic mass is 16.5. The molecule has 2 heterocycles. The predicted molar refractivity (Wildman–Crippen MR) is 142 cm³/mol. The van der Waals surface area contributed by atoms with E-state index in [1.54, 1.807) is 41.1 Å². The number of unbranched alkanes of at least 4 members (excludes halogenated alkanes) is 1. The molecule has 4 amide bonds. The van der Waals surface area contributed by atoms with Gasteiger partial charge >= 0.3 is 6.03 Å². The van der Waals surface area contributed by atoms with Crippen molar-refractivity contribution in [3.05, 3.63) is 59.7 Å². The molecule has 2 fully saturated rings. The number of hydrogen-bond acceptors (Lipinski definition) is 6. The minimum absolute atomic E-state index is 0.0286. The van der Waals surface area contributed by atoms with Crippen molar-refractivity contribution in [2.75, 3.05) is 34.4 Å². The van der Waals surface area contributed by atoms with E-state index >= 15 is 0 Å². The van der Waals surface area contributed by atoms with E-state index in [1.165, 1.54) is 0 Å². The Morgan fingerprint density at radius 1 is 0.974 bits per heavy atom. The third kappa shape index (κ3) is 5.85. The fraction of sp³-hybridized carbons (Fsp3) is 0.464. The Labute approximate surface area is 224 Å². The Hall–Kier alpha value is -3.79. The molecule has 2 aromatic rings. The van der Waals surface area contributed by atoms with Crippen molar-refractivity contribution in [1.82, 2.24) is 25.1 Å². The van der Waals surface area contributed by atoms with Crippen molar-refractivity contribution in [2.24, 2.45) is 0 Å². The van der Waals surface area contributed by atoms with Crippen LogP contribution >= 0.6 is 0 Å². The van der Waals surface area contributed by atoms with Gasteiger partial charge in [0.1, 0.15) is 23.7 Å². The average Bonchev–Trinajstić information content (AvgIpc) is 2.92. The summed E-state index contributed by atoms with van der Waals surface area (Å²) < 4.78 is 10.5. The first kappa shape index (κ1) is 27.3. The number of fused-ring (bicyclic) bond motifs is 1. The highest BCUT2D eigenvalue weighted by Gasteiger charge is 2.50. The van der Waals surface area contributed by atoms with Gasteiger partial charge in [0.25, 0.3) is 0 Å². The Balaban J connectivity index is 1.56. The van der Waals surface area contributed by atoms with Gasteiger partial charge in [-0.15, -0.1) is 0 Å². The predicted octanol–water partition coefficient (Wildman–Crippen LogP) is 2.83. The van der Waals surface area contributed by atoms with E-state index in [0.29, 0.717) is 19.5 Å². The van der Waals surface area contributed by atoms with Crippen LogP contribution in [0.1, 0.15) is 37.3 Å². The molecule has 2 atom stereocenters. The van der Waals surface area contributed by atoms with Gasteiger partial charge in [-0.25, -0.2) is 14.8 Å². The molecule has 0 bridgehead atoms. The zero-order valence-corrected chi connectivity index (χ0v) is 22.6. The van der Waals surface area contributed by atoms with Gasteiger partial charge in [0.05, 0.1) is 27.3 Å². The second-order valence-corrected chi connectivity index (χ2v) is 9.67. The first-order chi connectivity index (χ1) is 18.4. The number of likely N-dealkylation sites (N-methyl/N-ethyl adjacent to an activating group) is 1. The number of nitrogens with zero attached hydrogens (tertiary/aromatic N) is 4. The zero-order valence-electron chi connectivity index (χ0n) is 22.6. The molecule has 0 aromatic heterocycles. The number of carbonyl (C=O) groups excluding carboxylic acids is 3. The topological polar surface area (TPSA) is 94.7 Å². The molecular formula is C28H37N5O5. The monoisotopic (exact) mass is 523 g/mol. The minimum atomic E-state index is -0.606. The normalized spacial score (nSPS) is 19.8. The maximum Gasteiger partial charge on any atom is 0.334 e. The number of piperazine rings is 1. The second-order valence-electron chi connectivity index (χ2n) is 9.67. The number of amides is 4. The quantitative estimate of drug-likeness (QED) is 0.543. The van der Waals surface area contributed by atoms with Crippen LogP contribution in [-0.4, -0.2) is 84.2 Å². The number of rotatable bonds is 9. The molecule has 2 aromatic carbocycles. The molecule has 1 N–H and O–H groups in total. The lowest BCUT2D eigenvalue weighted by Gasteiger charge is -2.54. The molecular weight excluding hydrogens is 486 g/mol. The maximum absolute atomic E-state index is 13.6. The molecule has 0 radical (unpaired) electrons. The summed E-state index contributed by atoms with van der Waals surface area (Å²) in [4.78, 5) is 43.8. The van der Waals surface area contributed by atoms with Gasteiger partial charge in [-0.2, -0.15) is 0 Å². The molecule has 0 unspecified atom stereocenters. The number of methoxy groups -OCH3 is 2. The summed E-state index contributed by atoms with van der Waals surface area (Å²) in [6.07, 6.45) is 1.67. The van der Waals surface area contributed by atoms with Crippen molar-refractivity contribution >= 4 is 17.8 Å². The van der Waals surface area contributed by atoms with Crippen LogP contribution in [-0.2, 0) is 22.7 Å². The Morgan fingerprint density at radius 2 is 1.58 bits per heavy atom. The number of carbonyl (C=O) groups is 3. The Morgan fingerprint density at radius 3 is 2.16 bits per heavy atom. The smallest absolute Gasteiger partial charge is 0.334 e. The van der Waals surface area contributed by atoms with Gasteiger partial charge in [0, 0.05) is 20.1 Å². The lowest BCUT2D eigenvalue weighted by molar-refractivity contribution is -0.188. The van der Waals surface area contributed by atoms with Crippen molar-refractivity contribution in [1.29, 1.82) is 0 Å². The third-order valence-electron chi connectivity index (χ3n) is 7.11. The van der Waals surface area contributed by atoms with Gasteiger partial charge < -0.3 is 24.6 Å². The van der Waals surface area contributed by atoms with Crippen molar-refractivity contribution in [3.63, 3.8) is 0 Å². The zero-order chi connectivity index (χ0) is 27.2. The summed E-state index contributed by atoms with van der Waals surface area (Å²) in [6.45, 7) is 3.02. The molecule has 4 rings (SSSR count). The first-order valence-corrected chi connectivity index (χ1v) is 13.0. The highest BCUT2D eigenvalue weighted by molar-refractivity contribution is 5.91. The number of hydrazine groups is 1. The number of ether oxygens (including phenoxy) is 2. The van der Waals surface area contributed by atoms with E-state index in [-0.39, 0.29) is 30.9 Å². The molecule has 0 saturated carbocycles. The fourth-order valence-electron chi connectivity index (χ4n) is 5.08. The third-order valence-corrected chi connectivity index (χ3v) is 7.11. The summed E-state index contributed by atoms with van der Waals surface area (Å²) in [5.74, 6) is 1.26. The van der Waals surface area contributed by atoms with Gasteiger partial charge in [-0.1, -0.05) is 44.0 Å². The van der Waals surface area contributed by atoms with Gasteiger partial charge in [0.2, 0.25) is 11.8 Å². The molecule has 38 heavy (non-hydrogen) atoms. The summed E-state index contributed by atoms with van der Waals surface area (Å²) in [5.41, 5.74) is 1.88. The molecule has 0 aliphatic carbocycles. The van der Waals surface area contributed by atoms with Crippen LogP contribution in [0.2, 0.25) is 0 Å². The van der Waals surface area contributed by atoms with Crippen LogP contribution in [0.15, 0.2) is 48.5 Å². The number of benzene rings is 2. The molecule has 204 valence electrons. The number of nitrogens with one attached hydrogen (secondary N) is 1. The van der Waals surface area contributed by atoms with Crippen LogP contribution in [0.3, 0.4) is 0 Å². The van der Waals surface area contributed by atoms with E-state index in [4.69, 9.17) is 9.47 Å². The summed E-state index contributed by atoms with van der Waals surface area (Å²) >= 11 is 0. The molecule has 2 aliphatic heterocycles. The van der Waals surface area contributed by atoms with Crippen LogP contribution in [0.4, 0.5) is 4.79 Å². The molecule has 10 heteroatoms. The van der Waals surface area contributed by atoms with Crippen molar-refractivity contribution in [3.8, 4) is 11.5 Å². The summed E-state index contributed by atoms with van der Waals surface area (Å²) in [6, 6.07) is 14.1. The van der Waals surface area contributed by atoms with E-state index in [9.17, 15) is 14.4 Å².